The number of carbonyl (C=O) groups excluding carboxylic acids is 1. The molecule has 0 aliphatic carbocycles. The number of fused-ring (bicyclic) bond motifs is 1. The number of nitrogens with zero attached hydrogens (tertiary/aromatic N) is 3. The second kappa shape index (κ2) is 10.5. The molecule has 0 unspecified atom stereocenters. The lowest BCUT2D eigenvalue weighted by atomic mass is 9.95. The number of carbonyl (C=O) groups is 1. The topological polar surface area (TPSA) is 81.1 Å². The number of anilines is 2. The van der Waals surface area contributed by atoms with E-state index in [2.05, 4.69) is 15.6 Å². The lowest BCUT2D eigenvalue weighted by molar-refractivity contribution is -0.113. The van der Waals surface area contributed by atoms with Crippen molar-refractivity contribution in [2.24, 2.45) is 0 Å². The minimum absolute atomic E-state index is 0.291. The number of hydrogen-bond donors (Lipinski definition) is 2. The zero-order valence-corrected chi connectivity index (χ0v) is 21.5. The Kier molecular flexibility index (Phi) is 6.96. The molecule has 5 rings (SSSR count). The number of thioether (sulfide) groups is 1. The van der Waals surface area contributed by atoms with Crippen molar-refractivity contribution in [1.82, 2.24) is 14.8 Å². The van der Waals surface area contributed by atoms with E-state index in [0.29, 0.717) is 39.4 Å². The highest BCUT2D eigenvalue weighted by Gasteiger charge is 2.34. The Morgan fingerprint density at radius 1 is 1.11 bits per heavy atom. The van der Waals surface area contributed by atoms with Crippen LogP contribution < -0.4 is 15.4 Å². The van der Waals surface area contributed by atoms with E-state index in [4.69, 9.17) is 9.84 Å². The zero-order chi connectivity index (χ0) is 25.9. The van der Waals surface area contributed by atoms with Gasteiger partial charge in [-0.1, -0.05) is 54.2 Å². The smallest absolute Gasteiger partial charge is 0.255 e. The molecule has 2 heterocycles. The molecule has 3 aromatic carbocycles. The molecular weight excluding hydrogens is 489 g/mol. The highest BCUT2D eigenvalue weighted by molar-refractivity contribution is 7.98. The molecule has 1 aliphatic rings. The van der Waals surface area contributed by atoms with Gasteiger partial charge in [0.2, 0.25) is 11.1 Å². The number of nitrogens with one attached hydrogen (secondary N) is 2. The summed E-state index contributed by atoms with van der Waals surface area (Å²) in [5.74, 6) is 1.24. The van der Waals surface area contributed by atoms with Crippen LogP contribution in [0.2, 0.25) is 0 Å². The first-order chi connectivity index (χ1) is 17.9. The molecule has 9 heteroatoms. The minimum atomic E-state index is -0.658. The van der Waals surface area contributed by atoms with E-state index in [1.807, 2.05) is 62.4 Å². The Morgan fingerprint density at radius 2 is 1.92 bits per heavy atom. The first-order valence-electron chi connectivity index (χ1n) is 11.8. The van der Waals surface area contributed by atoms with Crippen LogP contribution in [0.25, 0.3) is 0 Å². The summed E-state index contributed by atoms with van der Waals surface area (Å²) >= 11 is 1.47. The van der Waals surface area contributed by atoms with Crippen LogP contribution >= 0.6 is 11.8 Å². The van der Waals surface area contributed by atoms with Gasteiger partial charge in [-0.25, -0.2) is 9.07 Å². The normalized spacial score (nSPS) is 14.6. The highest BCUT2D eigenvalue weighted by Crippen LogP contribution is 2.37. The number of hydrogen-bond acceptors (Lipinski definition) is 6. The standard InChI is InChI=1S/C28H26FN5O2S/c1-17-8-4-5-13-23(17)31-26(35)24-18(2)30-27-32-28(37-16-19-9-6-12-22(14-19)36-3)33-34(27)25(24)20-10-7-11-21(29)15-20/h4-15,25H,16H2,1-3H3,(H,31,35)(H,30,32,33)/t25-/m1/s1. The van der Waals surface area contributed by atoms with Gasteiger partial charge in [0.1, 0.15) is 17.6 Å². The summed E-state index contributed by atoms with van der Waals surface area (Å²) in [6.45, 7) is 3.75. The van der Waals surface area contributed by atoms with Crippen molar-refractivity contribution in [3.63, 3.8) is 0 Å². The second-order valence-corrected chi connectivity index (χ2v) is 9.64. The van der Waals surface area contributed by atoms with E-state index >= 15 is 0 Å². The van der Waals surface area contributed by atoms with Gasteiger partial charge in [0.05, 0.1) is 12.7 Å². The van der Waals surface area contributed by atoms with Crippen molar-refractivity contribution >= 4 is 29.3 Å². The highest BCUT2D eigenvalue weighted by atomic mass is 32.2. The van der Waals surface area contributed by atoms with Gasteiger partial charge < -0.3 is 15.4 Å². The number of halogens is 1. The number of aryl methyl sites for hydroxylation is 1. The van der Waals surface area contributed by atoms with Crippen molar-refractivity contribution in [2.45, 2.75) is 30.8 Å². The van der Waals surface area contributed by atoms with Gasteiger partial charge in [0.25, 0.3) is 5.91 Å². The van der Waals surface area contributed by atoms with Crippen LogP contribution in [-0.4, -0.2) is 27.8 Å². The summed E-state index contributed by atoms with van der Waals surface area (Å²) in [7, 11) is 1.64. The van der Waals surface area contributed by atoms with Gasteiger partial charge in [-0.05, 0) is 60.9 Å². The third-order valence-electron chi connectivity index (χ3n) is 6.14. The maximum atomic E-state index is 14.3. The molecule has 1 amide bonds. The summed E-state index contributed by atoms with van der Waals surface area (Å²) in [5.41, 5.74) is 4.40. The van der Waals surface area contributed by atoms with Crippen LogP contribution in [0.15, 0.2) is 89.2 Å². The molecule has 0 saturated carbocycles. The Hall–Kier alpha value is -4.11. The predicted molar refractivity (Wildman–Crippen MR) is 143 cm³/mol. The van der Waals surface area contributed by atoms with E-state index in [0.717, 1.165) is 16.9 Å². The first kappa shape index (κ1) is 24.6. The Balaban J connectivity index is 1.48. The molecule has 1 aromatic heterocycles. The van der Waals surface area contributed by atoms with Gasteiger partial charge in [-0.3, -0.25) is 4.79 Å². The molecule has 0 fully saturated rings. The summed E-state index contributed by atoms with van der Waals surface area (Å²) in [6.07, 6.45) is 0. The van der Waals surface area contributed by atoms with Crippen LogP contribution in [0.3, 0.4) is 0 Å². The molecule has 4 aromatic rings. The van der Waals surface area contributed by atoms with Crippen molar-refractivity contribution in [2.75, 3.05) is 17.7 Å². The molecular formula is C28H26FN5O2S. The van der Waals surface area contributed by atoms with Crippen molar-refractivity contribution < 1.29 is 13.9 Å². The SMILES string of the molecule is COc1cccc(CSc2nc3n(n2)[C@H](c2cccc(F)c2)C(C(=O)Nc2ccccc2C)=C(C)N3)c1. The van der Waals surface area contributed by atoms with E-state index < -0.39 is 6.04 Å². The van der Waals surface area contributed by atoms with Crippen LogP contribution in [0, 0.1) is 12.7 Å². The van der Waals surface area contributed by atoms with Gasteiger partial charge >= 0.3 is 0 Å². The number of allylic oxidation sites excluding steroid dienone is 1. The summed E-state index contributed by atoms with van der Waals surface area (Å²) in [5, 5.41) is 11.5. The second-order valence-electron chi connectivity index (χ2n) is 8.69. The molecule has 37 heavy (non-hydrogen) atoms. The first-order valence-corrected chi connectivity index (χ1v) is 12.7. The maximum absolute atomic E-state index is 14.3. The average molecular weight is 516 g/mol. The molecule has 188 valence electrons. The monoisotopic (exact) mass is 515 g/mol. The number of para-hydroxylation sites is 1. The molecule has 7 nitrogen and oxygen atoms in total. The van der Waals surface area contributed by atoms with E-state index in [1.165, 1.54) is 23.9 Å². The molecule has 2 N–H and O–H groups in total. The van der Waals surface area contributed by atoms with Gasteiger partial charge in [-0.2, -0.15) is 4.98 Å². The number of amides is 1. The van der Waals surface area contributed by atoms with Crippen molar-refractivity contribution in [3.05, 3.63) is 107 Å². The molecule has 0 saturated heterocycles. The number of rotatable bonds is 7. The average Bonchev–Trinajstić information content (AvgIpc) is 3.30. The quantitative estimate of drug-likeness (QED) is 0.296. The number of ether oxygens (including phenoxy) is 1. The largest absolute Gasteiger partial charge is 0.497 e. The minimum Gasteiger partial charge on any atom is -0.497 e. The van der Waals surface area contributed by atoms with E-state index in [1.54, 1.807) is 23.9 Å². The van der Waals surface area contributed by atoms with Crippen molar-refractivity contribution in [3.8, 4) is 5.75 Å². The number of benzene rings is 3. The maximum Gasteiger partial charge on any atom is 0.255 e. The fraction of sp³-hybridized carbons (Fsp3) is 0.179. The van der Waals surface area contributed by atoms with Gasteiger partial charge in [0, 0.05) is 17.1 Å². The number of aromatic nitrogens is 3. The molecule has 0 radical (unpaired) electrons. The third kappa shape index (κ3) is 5.22. The van der Waals surface area contributed by atoms with Crippen molar-refractivity contribution in [1.29, 1.82) is 0 Å². The lowest BCUT2D eigenvalue weighted by Gasteiger charge is -2.28. The van der Waals surface area contributed by atoms with Crippen LogP contribution in [-0.2, 0) is 10.5 Å². The fourth-order valence-electron chi connectivity index (χ4n) is 4.28. The van der Waals surface area contributed by atoms with Crippen LogP contribution in [0.1, 0.15) is 29.7 Å². The molecule has 1 atom stereocenters. The summed E-state index contributed by atoms with van der Waals surface area (Å²) < 4.78 is 21.3. The van der Waals surface area contributed by atoms with E-state index in [-0.39, 0.29) is 11.7 Å². The van der Waals surface area contributed by atoms with Crippen LogP contribution in [0.5, 0.6) is 5.75 Å². The lowest BCUT2D eigenvalue weighted by Crippen LogP contribution is -2.31. The molecule has 0 bridgehead atoms. The van der Waals surface area contributed by atoms with Gasteiger partial charge in [0.15, 0.2) is 0 Å². The summed E-state index contributed by atoms with van der Waals surface area (Å²) in [6, 6.07) is 21.0. The van der Waals surface area contributed by atoms with E-state index in [9.17, 15) is 9.18 Å². The third-order valence-corrected chi connectivity index (χ3v) is 7.05. The zero-order valence-electron chi connectivity index (χ0n) is 20.7. The Morgan fingerprint density at radius 3 is 2.70 bits per heavy atom. The summed E-state index contributed by atoms with van der Waals surface area (Å²) in [4.78, 5) is 18.3. The molecule has 0 spiro atoms. The predicted octanol–water partition coefficient (Wildman–Crippen LogP) is 5.95. The fourth-order valence-corrected chi connectivity index (χ4v) is 5.06. The van der Waals surface area contributed by atoms with Gasteiger partial charge in [-0.15, -0.1) is 5.10 Å². The van der Waals surface area contributed by atoms with Crippen LogP contribution in [0.4, 0.5) is 16.0 Å². The number of methoxy groups -OCH3 is 1. The molecule has 1 aliphatic heterocycles. The Labute approximate surface area is 218 Å². The Bertz CT molecular complexity index is 1500.